The van der Waals surface area contributed by atoms with Gasteiger partial charge in [0.25, 0.3) is 0 Å². The smallest absolute Gasteiger partial charge is 0.318 e. The number of aryl methyl sites for hydroxylation is 1. The van der Waals surface area contributed by atoms with Crippen LogP contribution < -0.4 is 14.4 Å². The predicted octanol–water partition coefficient (Wildman–Crippen LogP) is 5.01. The number of benzene rings is 1. The predicted molar refractivity (Wildman–Crippen MR) is 122 cm³/mol. The molecule has 1 aromatic carbocycles. The summed E-state index contributed by atoms with van der Waals surface area (Å²) in [6.07, 6.45) is 5.58. The van der Waals surface area contributed by atoms with E-state index in [0.29, 0.717) is 17.0 Å². The molecular weight excluding hydrogens is 414 g/mol. The molecule has 0 bridgehead atoms. The van der Waals surface area contributed by atoms with E-state index in [1.165, 1.54) is 5.69 Å². The number of H-pyrrole nitrogens is 1. The Morgan fingerprint density at radius 2 is 1.94 bits per heavy atom. The summed E-state index contributed by atoms with van der Waals surface area (Å²) in [4.78, 5) is 19.3. The quantitative estimate of drug-likeness (QED) is 0.579. The van der Waals surface area contributed by atoms with E-state index in [9.17, 15) is 0 Å². The van der Waals surface area contributed by atoms with Crippen LogP contribution in [0.15, 0.2) is 30.7 Å². The molecule has 7 nitrogen and oxygen atoms in total. The minimum atomic E-state index is -0.00668. The van der Waals surface area contributed by atoms with Crippen LogP contribution in [0.5, 0.6) is 11.8 Å². The van der Waals surface area contributed by atoms with Crippen molar-refractivity contribution < 1.29 is 9.47 Å². The zero-order valence-electron chi connectivity index (χ0n) is 18.4. The van der Waals surface area contributed by atoms with E-state index in [4.69, 9.17) is 26.1 Å². The number of piperidine rings is 1. The highest BCUT2D eigenvalue weighted by Crippen LogP contribution is 2.39. The molecule has 0 unspecified atom stereocenters. The number of imidazole rings is 1. The normalized spacial score (nSPS) is 14.8. The zero-order chi connectivity index (χ0) is 22.0. The third-order valence-electron chi connectivity index (χ3n) is 5.59. The number of nitrogens with zero attached hydrogens (tertiary/aromatic N) is 4. The largest absolute Gasteiger partial charge is 0.496 e. The van der Waals surface area contributed by atoms with Crippen LogP contribution in [0.25, 0.3) is 11.1 Å². The molecule has 2 aromatic heterocycles. The first-order valence-corrected chi connectivity index (χ1v) is 11.0. The number of halogens is 1. The molecule has 1 N–H and O–H groups in total. The van der Waals surface area contributed by atoms with Crippen molar-refractivity contribution in [1.29, 1.82) is 0 Å². The van der Waals surface area contributed by atoms with Crippen molar-refractivity contribution in [2.45, 2.75) is 45.6 Å². The molecule has 4 rings (SSSR count). The highest BCUT2D eigenvalue weighted by Gasteiger charge is 2.27. The molecule has 3 aromatic rings. The van der Waals surface area contributed by atoms with Gasteiger partial charge in [-0.3, -0.25) is 0 Å². The average Bonchev–Trinajstić information content (AvgIpc) is 3.19. The van der Waals surface area contributed by atoms with Crippen LogP contribution in [-0.2, 0) is 0 Å². The van der Waals surface area contributed by atoms with Gasteiger partial charge in [0.15, 0.2) is 0 Å². The van der Waals surface area contributed by atoms with Crippen LogP contribution in [0.1, 0.15) is 44.0 Å². The summed E-state index contributed by atoms with van der Waals surface area (Å²) in [6.45, 7) is 7.75. The molecule has 31 heavy (non-hydrogen) atoms. The second kappa shape index (κ2) is 9.14. The topological polar surface area (TPSA) is 76.2 Å². The van der Waals surface area contributed by atoms with Gasteiger partial charge in [0.1, 0.15) is 11.6 Å². The second-order valence-electron chi connectivity index (χ2n) is 8.08. The molecule has 8 heteroatoms. The fourth-order valence-electron chi connectivity index (χ4n) is 4.09. The summed E-state index contributed by atoms with van der Waals surface area (Å²) >= 11 is 6.31. The lowest BCUT2D eigenvalue weighted by Gasteiger charge is -2.33. The molecule has 0 aliphatic carbocycles. The summed E-state index contributed by atoms with van der Waals surface area (Å²) in [5.41, 5.74) is 4.07. The van der Waals surface area contributed by atoms with Crippen molar-refractivity contribution in [3.8, 4) is 22.9 Å². The van der Waals surface area contributed by atoms with Gasteiger partial charge in [-0.2, -0.15) is 4.98 Å². The van der Waals surface area contributed by atoms with E-state index >= 15 is 0 Å². The van der Waals surface area contributed by atoms with Crippen LogP contribution in [0.3, 0.4) is 0 Å². The maximum Gasteiger partial charge on any atom is 0.318 e. The maximum absolute atomic E-state index is 6.31. The molecule has 1 saturated heterocycles. The first-order chi connectivity index (χ1) is 15.0. The molecule has 0 radical (unpaired) electrons. The van der Waals surface area contributed by atoms with E-state index < -0.39 is 0 Å². The highest BCUT2D eigenvalue weighted by atomic mass is 35.5. The van der Waals surface area contributed by atoms with Gasteiger partial charge < -0.3 is 19.4 Å². The Hall–Kier alpha value is -2.80. The molecule has 0 saturated carbocycles. The summed E-state index contributed by atoms with van der Waals surface area (Å²) in [7, 11) is 1.65. The fraction of sp³-hybridized carbons (Fsp3) is 0.435. The Morgan fingerprint density at radius 1 is 1.16 bits per heavy atom. The van der Waals surface area contributed by atoms with E-state index in [1.807, 2.05) is 32.0 Å². The molecule has 0 spiro atoms. The Balaban J connectivity index is 1.68. The molecule has 164 valence electrons. The van der Waals surface area contributed by atoms with Crippen LogP contribution in [0, 0.1) is 6.92 Å². The zero-order valence-corrected chi connectivity index (χ0v) is 19.1. The van der Waals surface area contributed by atoms with E-state index in [0.717, 1.165) is 54.3 Å². The maximum atomic E-state index is 6.31. The first-order valence-electron chi connectivity index (χ1n) is 10.6. The number of hydrogen-bond donors (Lipinski definition) is 1. The standard InChI is InChI=1S/C23H28ClN5O2/c1-14(2)31-23-25-12-19(18-11-17(24)5-6-20(18)30-4)22(28-23)29-9-7-16(8-10-29)21-15(3)26-13-27-21/h5-6,11-14,16H,7-10H2,1-4H3,(H,26,27). The minimum absolute atomic E-state index is 0.00668. The third-order valence-corrected chi connectivity index (χ3v) is 5.82. The van der Waals surface area contributed by atoms with Gasteiger partial charge >= 0.3 is 6.01 Å². The van der Waals surface area contributed by atoms with Crippen LogP contribution in [0.4, 0.5) is 5.82 Å². The van der Waals surface area contributed by atoms with Gasteiger partial charge in [-0.05, 0) is 51.8 Å². The van der Waals surface area contributed by atoms with E-state index in [2.05, 4.69) is 26.8 Å². The van der Waals surface area contributed by atoms with Crippen molar-refractivity contribution in [3.63, 3.8) is 0 Å². The Labute approximate surface area is 187 Å². The SMILES string of the molecule is COc1ccc(Cl)cc1-c1cnc(OC(C)C)nc1N1CCC(c2nc[nH]c2C)CC1. The average molecular weight is 442 g/mol. The van der Waals surface area contributed by atoms with Crippen LogP contribution >= 0.6 is 11.6 Å². The van der Waals surface area contributed by atoms with E-state index in [-0.39, 0.29) is 6.10 Å². The second-order valence-corrected chi connectivity index (χ2v) is 8.51. The fourth-order valence-corrected chi connectivity index (χ4v) is 4.26. The van der Waals surface area contributed by atoms with Gasteiger partial charge in [0.05, 0.1) is 25.2 Å². The lowest BCUT2D eigenvalue weighted by Crippen LogP contribution is -2.34. The van der Waals surface area contributed by atoms with Gasteiger partial charge in [-0.1, -0.05) is 11.6 Å². The Kier molecular flexibility index (Phi) is 6.32. The number of hydrogen-bond acceptors (Lipinski definition) is 6. The number of anilines is 1. The van der Waals surface area contributed by atoms with Crippen LogP contribution in [0.2, 0.25) is 5.02 Å². The molecule has 3 heterocycles. The number of methoxy groups -OCH3 is 1. The lowest BCUT2D eigenvalue weighted by atomic mass is 9.92. The molecule has 1 fully saturated rings. The van der Waals surface area contributed by atoms with Gasteiger partial charge in [-0.25, -0.2) is 9.97 Å². The third kappa shape index (κ3) is 4.61. The molecule has 1 aliphatic rings. The van der Waals surface area contributed by atoms with Crippen molar-refractivity contribution in [2.24, 2.45) is 0 Å². The number of ether oxygens (including phenoxy) is 2. The van der Waals surface area contributed by atoms with Gasteiger partial charge in [-0.15, -0.1) is 0 Å². The molecule has 1 aliphatic heterocycles. The van der Waals surface area contributed by atoms with Crippen molar-refractivity contribution >= 4 is 17.4 Å². The first kappa shape index (κ1) is 21.4. The Morgan fingerprint density at radius 3 is 2.58 bits per heavy atom. The number of aromatic amines is 1. The number of rotatable bonds is 6. The lowest BCUT2D eigenvalue weighted by molar-refractivity contribution is 0.222. The Bertz CT molecular complexity index is 1040. The highest BCUT2D eigenvalue weighted by molar-refractivity contribution is 6.31. The summed E-state index contributed by atoms with van der Waals surface area (Å²) in [5.74, 6) is 2.01. The molecular formula is C23H28ClN5O2. The van der Waals surface area contributed by atoms with Crippen molar-refractivity contribution in [3.05, 3.63) is 47.1 Å². The molecule has 0 atom stereocenters. The van der Waals surface area contributed by atoms with E-state index in [1.54, 1.807) is 19.6 Å². The number of aromatic nitrogens is 4. The van der Waals surface area contributed by atoms with Crippen LogP contribution in [-0.4, -0.2) is 46.2 Å². The van der Waals surface area contributed by atoms with Gasteiger partial charge in [0, 0.05) is 47.0 Å². The summed E-state index contributed by atoms with van der Waals surface area (Å²) in [6, 6.07) is 5.95. The number of nitrogens with one attached hydrogen (secondary N) is 1. The summed E-state index contributed by atoms with van der Waals surface area (Å²) in [5, 5.41) is 0.636. The van der Waals surface area contributed by atoms with Crippen molar-refractivity contribution in [1.82, 2.24) is 19.9 Å². The summed E-state index contributed by atoms with van der Waals surface area (Å²) < 4.78 is 11.4. The van der Waals surface area contributed by atoms with Gasteiger partial charge in [0.2, 0.25) is 0 Å². The minimum Gasteiger partial charge on any atom is -0.496 e. The molecule has 0 amide bonds. The van der Waals surface area contributed by atoms with Crippen molar-refractivity contribution in [2.75, 3.05) is 25.1 Å². The monoisotopic (exact) mass is 441 g/mol.